The molecule has 1 aromatic heterocycles. The first-order chi connectivity index (χ1) is 9.01. The lowest BCUT2D eigenvalue weighted by Crippen LogP contribution is -2.10. The molecule has 0 fully saturated rings. The van der Waals surface area contributed by atoms with Crippen LogP contribution in [0.2, 0.25) is 0 Å². The maximum atomic E-state index is 10.4. The molecule has 0 spiro atoms. The standard InChI is InChI=1S/C14H18BrN3O/c1-3-18-11(6-9(2)17-18)8-14(19)12-7-10(15)4-5-13(12)16/h4-7,14,19H,3,8,16H2,1-2H3. The lowest BCUT2D eigenvalue weighted by atomic mass is 10.0. The highest BCUT2D eigenvalue weighted by atomic mass is 79.9. The maximum Gasteiger partial charge on any atom is 0.0865 e. The van der Waals surface area contributed by atoms with Gasteiger partial charge in [0.15, 0.2) is 0 Å². The van der Waals surface area contributed by atoms with Crippen LogP contribution < -0.4 is 5.73 Å². The molecule has 1 heterocycles. The van der Waals surface area contributed by atoms with Crippen LogP contribution in [0.5, 0.6) is 0 Å². The number of nitrogens with zero attached hydrogens (tertiary/aromatic N) is 2. The summed E-state index contributed by atoms with van der Waals surface area (Å²) < 4.78 is 2.82. The van der Waals surface area contributed by atoms with E-state index in [4.69, 9.17) is 5.73 Å². The number of halogens is 1. The van der Waals surface area contributed by atoms with E-state index in [0.717, 1.165) is 28.0 Å². The molecule has 19 heavy (non-hydrogen) atoms. The van der Waals surface area contributed by atoms with Crippen molar-refractivity contribution in [2.75, 3.05) is 5.73 Å². The average molecular weight is 324 g/mol. The topological polar surface area (TPSA) is 64.1 Å². The minimum Gasteiger partial charge on any atom is -0.398 e. The second-order valence-electron chi connectivity index (χ2n) is 4.59. The van der Waals surface area contributed by atoms with Gasteiger partial charge in [-0.15, -0.1) is 0 Å². The van der Waals surface area contributed by atoms with Crippen molar-refractivity contribution in [1.82, 2.24) is 9.78 Å². The first-order valence-corrected chi connectivity index (χ1v) is 7.07. The summed E-state index contributed by atoms with van der Waals surface area (Å²) in [5.74, 6) is 0. The van der Waals surface area contributed by atoms with Crippen molar-refractivity contribution in [2.45, 2.75) is 32.9 Å². The molecule has 2 aromatic rings. The Morgan fingerprint density at radius 3 is 2.84 bits per heavy atom. The third kappa shape index (κ3) is 3.16. The SMILES string of the molecule is CCn1nc(C)cc1CC(O)c1cc(Br)ccc1N. The van der Waals surface area contributed by atoms with Gasteiger partial charge >= 0.3 is 0 Å². The zero-order valence-electron chi connectivity index (χ0n) is 11.1. The quantitative estimate of drug-likeness (QED) is 0.850. The van der Waals surface area contributed by atoms with Gasteiger partial charge in [-0.05, 0) is 38.1 Å². The number of rotatable bonds is 4. The first-order valence-electron chi connectivity index (χ1n) is 6.27. The number of hydrogen-bond acceptors (Lipinski definition) is 3. The van der Waals surface area contributed by atoms with Crippen molar-refractivity contribution in [3.63, 3.8) is 0 Å². The van der Waals surface area contributed by atoms with Gasteiger partial charge in [0.25, 0.3) is 0 Å². The van der Waals surface area contributed by atoms with Gasteiger partial charge in [0.05, 0.1) is 11.8 Å². The van der Waals surface area contributed by atoms with Crippen molar-refractivity contribution in [1.29, 1.82) is 0 Å². The molecule has 1 aromatic carbocycles. The average Bonchev–Trinajstić information content (AvgIpc) is 2.72. The summed E-state index contributed by atoms with van der Waals surface area (Å²) in [4.78, 5) is 0. The molecule has 0 radical (unpaired) electrons. The van der Waals surface area contributed by atoms with Crippen LogP contribution in [-0.2, 0) is 13.0 Å². The summed E-state index contributed by atoms with van der Waals surface area (Å²) >= 11 is 3.40. The van der Waals surface area contributed by atoms with Crippen LogP contribution in [0, 0.1) is 6.92 Å². The van der Waals surface area contributed by atoms with Gasteiger partial charge in [-0.2, -0.15) is 5.10 Å². The minimum absolute atomic E-state index is 0.509. The van der Waals surface area contributed by atoms with Crippen molar-refractivity contribution in [3.8, 4) is 0 Å². The second kappa shape index (κ2) is 5.75. The van der Waals surface area contributed by atoms with E-state index in [0.29, 0.717) is 12.1 Å². The molecular weight excluding hydrogens is 306 g/mol. The molecule has 0 bridgehead atoms. The van der Waals surface area contributed by atoms with Gasteiger partial charge in [0.1, 0.15) is 0 Å². The van der Waals surface area contributed by atoms with Gasteiger partial charge in [-0.1, -0.05) is 15.9 Å². The summed E-state index contributed by atoms with van der Waals surface area (Å²) in [5, 5.41) is 14.7. The smallest absolute Gasteiger partial charge is 0.0865 e. The molecule has 0 aliphatic carbocycles. The molecule has 102 valence electrons. The van der Waals surface area contributed by atoms with Crippen LogP contribution in [0.4, 0.5) is 5.69 Å². The molecule has 3 N–H and O–H groups in total. The molecule has 2 rings (SSSR count). The Hall–Kier alpha value is -1.33. The number of aryl methyl sites for hydroxylation is 2. The zero-order chi connectivity index (χ0) is 14.0. The van der Waals surface area contributed by atoms with Gasteiger partial charge in [-0.3, -0.25) is 4.68 Å². The number of aliphatic hydroxyl groups is 1. The molecular formula is C14H18BrN3O. The van der Waals surface area contributed by atoms with Gasteiger partial charge in [0.2, 0.25) is 0 Å². The van der Waals surface area contributed by atoms with Crippen LogP contribution in [0.25, 0.3) is 0 Å². The molecule has 0 amide bonds. The van der Waals surface area contributed by atoms with Crippen molar-refractivity contribution in [2.24, 2.45) is 0 Å². The number of benzene rings is 1. The van der Waals surface area contributed by atoms with Crippen LogP contribution in [-0.4, -0.2) is 14.9 Å². The number of anilines is 1. The Morgan fingerprint density at radius 2 is 2.16 bits per heavy atom. The Balaban J connectivity index is 2.25. The fourth-order valence-electron chi connectivity index (χ4n) is 2.18. The Morgan fingerprint density at radius 1 is 1.42 bits per heavy atom. The summed E-state index contributed by atoms with van der Waals surface area (Å²) in [5.41, 5.74) is 9.25. The lowest BCUT2D eigenvalue weighted by molar-refractivity contribution is 0.176. The zero-order valence-corrected chi connectivity index (χ0v) is 12.7. The third-order valence-electron chi connectivity index (χ3n) is 3.10. The fourth-order valence-corrected chi connectivity index (χ4v) is 2.56. The van der Waals surface area contributed by atoms with Gasteiger partial charge < -0.3 is 10.8 Å². The lowest BCUT2D eigenvalue weighted by Gasteiger charge is -2.14. The summed E-state index contributed by atoms with van der Waals surface area (Å²) in [6, 6.07) is 7.53. The molecule has 1 atom stereocenters. The van der Waals surface area contributed by atoms with Crippen molar-refractivity contribution < 1.29 is 5.11 Å². The van der Waals surface area contributed by atoms with Gasteiger partial charge in [-0.25, -0.2) is 0 Å². The van der Waals surface area contributed by atoms with Crippen LogP contribution in [0.3, 0.4) is 0 Å². The van der Waals surface area contributed by atoms with Gasteiger partial charge in [0, 0.05) is 34.4 Å². The number of nitrogen functional groups attached to an aromatic ring is 1. The molecule has 0 aliphatic rings. The highest BCUT2D eigenvalue weighted by Crippen LogP contribution is 2.27. The summed E-state index contributed by atoms with van der Waals surface area (Å²) in [7, 11) is 0. The third-order valence-corrected chi connectivity index (χ3v) is 3.59. The Labute approximate surface area is 121 Å². The van der Waals surface area contributed by atoms with E-state index in [9.17, 15) is 5.11 Å². The van der Waals surface area contributed by atoms with E-state index in [-0.39, 0.29) is 0 Å². The monoisotopic (exact) mass is 323 g/mol. The number of hydrogen-bond donors (Lipinski definition) is 2. The van der Waals surface area contributed by atoms with Crippen molar-refractivity contribution in [3.05, 3.63) is 45.7 Å². The van der Waals surface area contributed by atoms with E-state index < -0.39 is 6.10 Å². The molecule has 1 unspecified atom stereocenters. The van der Waals surface area contributed by atoms with Crippen LogP contribution in [0.1, 0.15) is 30.0 Å². The Kier molecular flexibility index (Phi) is 4.27. The molecule has 0 saturated carbocycles. The van der Waals surface area contributed by atoms with E-state index >= 15 is 0 Å². The summed E-state index contributed by atoms with van der Waals surface area (Å²) in [6.45, 7) is 4.79. The molecule has 5 heteroatoms. The number of aromatic nitrogens is 2. The van der Waals surface area contributed by atoms with E-state index in [1.165, 1.54) is 0 Å². The van der Waals surface area contributed by atoms with Crippen molar-refractivity contribution >= 4 is 21.6 Å². The first kappa shape index (κ1) is 14.1. The number of nitrogens with two attached hydrogens (primary N) is 1. The van der Waals surface area contributed by atoms with E-state index in [1.807, 2.05) is 36.7 Å². The summed E-state index contributed by atoms with van der Waals surface area (Å²) in [6.07, 6.45) is -0.117. The minimum atomic E-state index is -0.626. The predicted octanol–water partition coefficient (Wildman–Crippen LogP) is 2.83. The molecule has 4 nitrogen and oxygen atoms in total. The van der Waals surface area contributed by atoms with Crippen LogP contribution >= 0.6 is 15.9 Å². The maximum absolute atomic E-state index is 10.4. The highest BCUT2D eigenvalue weighted by Gasteiger charge is 2.15. The fraction of sp³-hybridized carbons (Fsp3) is 0.357. The normalized spacial score (nSPS) is 12.6. The van der Waals surface area contributed by atoms with E-state index in [1.54, 1.807) is 6.07 Å². The Bertz CT molecular complexity index is 580. The largest absolute Gasteiger partial charge is 0.398 e. The van der Waals surface area contributed by atoms with Crippen LogP contribution in [0.15, 0.2) is 28.7 Å². The number of aliphatic hydroxyl groups excluding tert-OH is 1. The highest BCUT2D eigenvalue weighted by molar-refractivity contribution is 9.10. The second-order valence-corrected chi connectivity index (χ2v) is 5.50. The predicted molar refractivity (Wildman–Crippen MR) is 79.9 cm³/mol. The molecule has 0 aliphatic heterocycles. The molecule has 0 saturated heterocycles. The van der Waals surface area contributed by atoms with E-state index in [2.05, 4.69) is 21.0 Å².